The summed E-state index contributed by atoms with van der Waals surface area (Å²) in [5.41, 5.74) is 11.2. The molecule has 0 aliphatic carbocycles. The summed E-state index contributed by atoms with van der Waals surface area (Å²) in [6.45, 7) is 0. The average molecular weight is 733 g/mol. The molecule has 3 aromatic heterocycles. The van der Waals surface area contributed by atoms with Crippen LogP contribution in [0.5, 0.6) is 0 Å². The normalized spacial score (nSPS) is 11.6. The lowest BCUT2D eigenvalue weighted by atomic mass is 9.96. The molecule has 0 aliphatic heterocycles. The number of hydrogen-bond acceptors (Lipinski definition) is 4. The molecule has 262 valence electrons. The molecule has 0 N–H and O–H groups in total. The first kappa shape index (κ1) is 32.2. The molecule has 8 aromatic carbocycles. The van der Waals surface area contributed by atoms with Gasteiger partial charge in [0, 0.05) is 53.3 Å². The maximum Gasteiger partial charge on any atom is 0.164 e. The fraction of sp³-hybridized carbons (Fsp3) is 0. The SMILES string of the molecule is c1ccc(-c2nc(-c3ccccc3)nc(-c3ccc(-c4cccc5sc6ccc(-c7ccc8c(c7)c7ccccc7n8-c7ccccc7)cc6c45)cc3)n2)cc1. The first-order chi connectivity index (χ1) is 27.7. The third-order valence-electron chi connectivity index (χ3n) is 10.7. The van der Waals surface area contributed by atoms with E-state index in [1.807, 2.05) is 72.0 Å². The van der Waals surface area contributed by atoms with Gasteiger partial charge < -0.3 is 4.57 Å². The highest BCUT2D eigenvalue weighted by molar-refractivity contribution is 7.26. The predicted molar refractivity (Wildman–Crippen MR) is 234 cm³/mol. The monoisotopic (exact) mass is 732 g/mol. The predicted octanol–water partition coefficient (Wildman–Crippen LogP) is 13.7. The van der Waals surface area contributed by atoms with Crippen LogP contribution in [0.4, 0.5) is 0 Å². The molecule has 56 heavy (non-hydrogen) atoms. The van der Waals surface area contributed by atoms with Crippen LogP contribution in [0.25, 0.3) is 104 Å². The molecule has 11 rings (SSSR count). The zero-order valence-corrected chi connectivity index (χ0v) is 31.0. The van der Waals surface area contributed by atoms with Gasteiger partial charge in [0.15, 0.2) is 17.5 Å². The second-order valence-electron chi connectivity index (χ2n) is 14.0. The summed E-state index contributed by atoms with van der Waals surface area (Å²) in [4.78, 5) is 14.8. The van der Waals surface area contributed by atoms with Gasteiger partial charge in [0.05, 0.1) is 11.0 Å². The minimum atomic E-state index is 0.650. The summed E-state index contributed by atoms with van der Waals surface area (Å²) >= 11 is 1.85. The van der Waals surface area contributed by atoms with E-state index in [9.17, 15) is 0 Å². The van der Waals surface area contributed by atoms with Gasteiger partial charge in [-0.05, 0) is 70.8 Å². The molecule has 0 spiro atoms. The second kappa shape index (κ2) is 13.3. The maximum absolute atomic E-state index is 4.95. The molecule has 0 amide bonds. The summed E-state index contributed by atoms with van der Waals surface area (Å²) in [6.07, 6.45) is 0. The highest BCUT2D eigenvalue weighted by Crippen LogP contribution is 2.43. The molecule has 0 unspecified atom stereocenters. The minimum absolute atomic E-state index is 0.650. The first-order valence-electron chi connectivity index (χ1n) is 18.8. The summed E-state index contributed by atoms with van der Waals surface area (Å²) in [7, 11) is 0. The Kier molecular flexibility index (Phi) is 7.64. The van der Waals surface area contributed by atoms with Gasteiger partial charge in [-0.3, -0.25) is 0 Å². The van der Waals surface area contributed by atoms with Gasteiger partial charge in [-0.1, -0.05) is 146 Å². The third-order valence-corrected chi connectivity index (χ3v) is 11.8. The van der Waals surface area contributed by atoms with Crippen molar-refractivity contribution in [1.82, 2.24) is 19.5 Å². The fourth-order valence-corrected chi connectivity index (χ4v) is 9.10. The number of aromatic nitrogens is 4. The Morgan fingerprint density at radius 3 is 1.54 bits per heavy atom. The Labute approximate surface area is 327 Å². The van der Waals surface area contributed by atoms with E-state index in [0.29, 0.717) is 17.5 Å². The molecule has 0 fully saturated rings. The summed E-state index contributed by atoms with van der Waals surface area (Å²) in [5, 5.41) is 5.06. The summed E-state index contributed by atoms with van der Waals surface area (Å²) in [5.74, 6) is 1.96. The fourth-order valence-electron chi connectivity index (χ4n) is 7.99. The smallest absolute Gasteiger partial charge is 0.164 e. The number of rotatable bonds is 6. The molecular formula is C51H32N4S. The van der Waals surface area contributed by atoms with Crippen LogP contribution in [-0.2, 0) is 0 Å². The van der Waals surface area contributed by atoms with Gasteiger partial charge in [0.25, 0.3) is 0 Å². The molecule has 11 aromatic rings. The van der Waals surface area contributed by atoms with Gasteiger partial charge >= 0.3 is 0 Å². The van der Waals surface area contributed by atoms with Crippen molar-refractivity contribution in [2.45, 2.75) is 0 Å². The van der Waals surface area contributed by atoms with E-state index in [1.165, 1.54) is 64.4 Å². The van der Waals surface area contributed by atoms with E-state index < -0.39 is 0 Å². The molecular weight excluding hydrogens is 701 g/mol. The van der Waals surface area contributed by atoms with Crippen LogP contribution in [0.2, 0.25) is 0 Å². The van der Waals surface area contributed by atoms with Crippen molar-refractivity contribution in [2.24, 2.45) is 0 Å². The molecule has 4 nitrogen and oxygen atoms in total. The van der Waals surface area contributed by atoms with Crippen molar-refractivity contribution < 1.29 is 0 Å². The van der Waals surface area contributed by atoms with Crippen LogP contribution in [0.3, 0.4) is 0 Å². The van der Waals surface area contributed by atoms with Crippen LogP contribution >= 0.6 is 11.3 Å². The maximum atomic E-state index is 4.95. The topological polar surface area (TPSA) is 43.6 Å². The number of benzene rings is 8. The van der Waals surface area contributed by atoms with Crippen LogP contribution in [-0.4, -0.2) is 19.5 Å². The largest absolute Gasteiger partial charge is 0.309 e. The molecule has 0 aliphatic rings. The molecule has 0 saturated heterocycles. The molecule has 0 radical (unpaired) electrons. The highest BCUT2D eigenvalue weighted by Gasteiger charge is 2.17. The Morgan fingerprint density at radius 1 is 0.339 bits per heavy atom. The van der Waals surface area contributed by atoms with E-state index in [1.54, 1.807) is 0 Å². The van der Waals surface area contributed by atoms with E-state index in [2.05, 4.69) is 138 Å². The van der Waals surface area contributed by atoms with Crippen molar-refractivity contribution >= 4 is 53.3 Å². The molecule has 3 heterocycles. The van der Waals surface area contributed by atoms with Crippen LogP contribution in [0, 0.1) is 0 Å². The standard InChI is InChI=1S/C51H32N4S/c1-4-13-34(14-5-1)49-52-50(35-15-6-2-7-16-35)54-51(53-49)36-25-23-33(24-26-36)40-20-12-22-47-48(40)43-32-38(28-30-46(43)56-47)37-27-29-45-42(31-37)41-19-10-11-21-44(41)55(45)39-17-8-3-9-18-39/h1-32H. The van der Waals surface area contributed by atoms with E-state index in [-0.39, 0.29) is 0 Å². The molecule has 0 atom stereocenters. The van der Waals surface area contributed by atoms with Crippen molar-refractivity contribution in [3.05, 3.63) is 194 Å². The second-order valence-corrected chi connectivity index (χ2v) is 15.1. The van der Waals surface area contributed by atoms with Crippen LogP contribution in [0.1, 0.15) is 0 Å². The molecule has 5 heteroatoms. The van der Waals surface area contributed by atoms with Crippen molar-refractivity contribution in [3.8, 4) is 62.1 Å². The number of nitrogens with zero attached hydrogens (tertiary/aromatic N) is 4. The van der Waals surface area contributed by atoms with Gasteiger partial charge in [-0.25, -0.2) is 15.0 Å². The Bertz CT molecular complexity index is 3160. The number of fused-ring (bicyclic) bond motifs is 6. The van der Waals surface area contributed by atoms with Crippen molar-refractivity contribution in [3.63, 3.8) is 0 Å². The van der Waals surface area contributed by atoms with Gasteiger partial charge in [-0.15, -0.1) is 11.3 Å². The van der Waals surface area contributed by atoms with Gasteiger partial charge in [0.1, 0.15) is 0 Å². The lowest BCUT2D eigenvalue weighted by molar-refractivity contribution is 1.07. The lowest BCUT2D eigenvalue weighted by Crippen LogP contribution is -2.00. The zero-order valence-electron chi connectivity index (χ0n) is 30.2. The Balaban J connectivity index is 1.00. The molecule has 0 bridgehead atoms. The lowest BCUT2D eigenvalue weighted by Gasteiger charge is -2.10. The summed E-state index contributed by atoms with van der Waals surface area (Å²) in [6, 6.07) is 68.7. The average Bonchev–Trinajstić information content (AvgIpc) is 3.82. The van der Waals surface area contributed by atoms with E-state index in [0.717, 1.165) is 22.3 Å². The molecule has 0 saturated carbocycles. The minimum Gasteiger partial charge on any atom is -0.309 e. The third kappa shape index (κ3) is 5.48. The quantitative estimate of drug-likeness (QED) is 0.171. The number of para-hydroxylation sites is 2. The first-order valence-corrected chi connectivity index (χ1v) is 19.6. The van der Waals surface area contributed by atoms with Crippen molar-refractivity contribution in [2.75, 3.05) is 0 Å². The highest BCUT2D eigenvalue weighted by atomic mass is 32.1. The van der Waals surface area contributed by atoms with E-state index in [4.69, 9.17) is 15.0 Å². The zero-order chi connectivity index (χ0) is 37.0. The Hall–Kier alpha value is -7.21. The Morgan fingerprint density at radius 2 is 0.857 bits per heavy atom. The van der Waals surface area contributed by atoms with Crippen molar-refractivity contribution in [1.29, 1.82) is 0 Å². The van der Waals surface area contributed by atoms with Gasteiger partial charge in [-0.2, -0.15) is 0 Å². The van der Waals surface area contributed by atoms with E-state index >= 15 is 0 Å². The number of thiophene rings is 1. The van der Waals surface area contributed by atoms with Crippen LogP contribution < -0.4 is 0 Å². The summed E-state index contributed by atoms with van der Waals surface area (Å²) < 4.78 is 4.92. The number of hydrogen-bond donors (Lipinski definition) is 0. The van der Waals surface area contributed by atoms with Crippen LogP contribution in [0.15, 0.2) is 194 Å². The van der Waals surface area contributed by atoms with Gasteiger partial charge in [0.2, 0.25) is 0 Å².